The van der Waals surface area contributed by atoms with Crippen molar-refractivity contribution in [1.82, 2.24) is 0 Å². The Labute approximate surface area is 169 Å². The maximum absolute atomic E-state index is 12.8. The summed E-state index contributed by atoms with van der Waals surface area (Å²) in [6, 6.07) is 18.2. The molecule has 1 saturated heterocycles. The predicted octanol–water partition coefficient (Wildman–Crippen LogP) is 0.255. The maximum atomic E-state index is 12.8. The molecule has 0 aliphatic carbocycles. The fourth-order valence-electron chi connectivity index (χ4n) is 3.24. The molecule has 0 bridgehead atoms. The molecule has 0 radical (unpaired) electrons. The van der Waals surface area contributed by atoms with Crippen molar-refractivity contribution in [2.45, 2.75) is 37.4 Å². The van der Waals surface area contributed by atoms with Gasteiger partial charge in [0.05, 0.1) is 6.61 Å². The maximum Gasteiger partial charge on any atom is 0.319 e. The van der Waals surface area contributed by atoms with Gasteiger partial charge in [-0.05, 0) is 11.1 Å². The Kier molecular flexibility index (Phi) is 6.96. The van der Waals surface area contributed by atoms with Gasteiger partial charge in [-0.15, -0.1) is 0 Å². The van der Waals surface area contributed by atoms with E-state index >= 15 is 0 Å². The quantitative estimate of drug-likeness (QED) is 0.382. The number of rotatable bonds is 7. The number of benzene rings is 2. The van der Waals surface area contributed by atoms with Gasteiger partial charge >= 0.3 is 5.97 Å². The van der Waals surface area contributed by atoms with E-state index < -0.39 is 36.1 Å². The average molecular weight is 402 g/mol. The molecule has 0 aromatic heterocycles. The Morgan fingerprint density at radius 3 is 2.07 bits per heavy atom. The summed E-state index contributed by atoms with van der Waals surface area (Å²) in [6.45, 7) is -0.106. The first-order chi connectivity index (χ1) is 13.9. The van der Waals surface area contributed by atoms with E-state index in [1.807, 2.05) is 48.5 Å². The van der Waals surface area contributed by atoms with Gasteiger partial charge < -0.3 is 30.2 Å². The van der Waals surface area contributed by atoms with Gasteiger partial charge in [0.15, 0.2) is 5.92 Å². The smallest absolute Gasteiger partial charge is 0.319 e. The van der Waals surface area contributed by atoms with Crippen LogP contribution in [0.3, 0.4) is 0 Å². The zero-order valence-corrected chi connectivity index (χ0v) is 15.9. The highest BCUT2D eigenvalue weighted by Crippen LogP contribution is 2.34. The lowest BCUT2D eigenvalue weighted by Crippen LogP contribution is -2.69. The predicted molar refractivity (Wildman–Crippen MR) is 104 cm³/mol. The van der Waals surface area contributed by atoms with Gasteiger partial charge in [-0.25, -0.2) is 0 Å². The van der Waals surface area contributed by atoms with Crippen LogP contribution in [0.4, 0.5) is 0 Å². The highest BCUT2D eigenvalue weighted by atomic mass is 16.7. The second-order valence-electron chi connectivity index (χ2n) is 6.94. The molecule has 2 aromatic rings. The molecular weight excluding hydrogens is 376 g/mol. The van der Waals surface area contributed by atoms with Crippen molar-refractivity contribution in [3.05, 3.63) is 71.8 Å². The molecule has 5 atom stereocenters. The fraction of sp³-hybridized carbons (Fsp3) is 0.381. The van der Waals surface area contributed by atoms with Gasteiger partial charge in [-0.1, -0.05) is 60.7 Å². The van der Waals surface area contributed by atoms with Crippen LogP contribution in [0.15, 0.2) is 60.7 Å². The van der Waals surface area contributed by atoms with E-state index in [0.29, 0.717) is 0 Å². The number of aliphatic hydroxyl groups is 2. The van der Waals surface area contributed by atoms with Crippen LogP contribution in [-0.2, 0) is 32.2 Å². The van der Waals surface area contributed by atoms with Crippen LogP contribution in [0, 0.1) is 5.92 Å². The first kappa shape index (κ1) is 21.4. The molecule has 8 heteroatoms. The lowest BCUT2D eigenvalue weighted by Gasteiger charge is -2.46. The van der Waals surface area contributed by atoms with Crippen molar-refractivity contribution in [2.24, 2.45) is 17.4 Å². The minimum atomic E-state index is -2.02. The van der Waals surface area contributed by atoms with Crippen LogP contribution in [0.2, 0.25) is 0 Å². The molecule has 1 fully saturated rings. The van der Waals surface area contributed by atoms with Crippen LogP contribution in [0.1, 0.15) is 11.1 Å². The molecule has 1 aliphatic heterocycles. The minimum Gasteiger partial charge on any atom is -0.460 e. The molecule has 1 aliphatic rings. The summed E-state index contributed by atoms with van der Waals surface area (Å²) >= 11 is 0. The van der Waals surface area contributed by atoms with E-state index in [1.54, 1.807) is 12.1 Å². The largest absolute Gasteiger partial charge is 0.460 e. The van der Waals surface area contributed by atoms with Gasteiger partial charge in [-0.3, -0.25) is 10.5 Å². The van der Waals surface area contributed by atoms with Crippen LogP contribution in [0.5, 0.6) is 0 Å². The molecule has 1 heterocycles. The molecule has 156 valence electrons. The van der Waals surface area contributed by atoms with E-state index in [-0.39, 0.29) is 19.8 Å². The van der Waals surface area contributed by atoms with Crippen molar-refractivity contribution in [2.75, 3.05) is 6.54 Å². The number of aliphatic hydroxyl groups excluding tert-OH is 2. The number of ether oxygens (including phenoxy) is 3. The molecule has 0 unspecified atom stereocenters. The lowest BCUT2D eigenvalue weighted by atomic mass is 9.88. The fourth-order valence-corrected chi connectivity index (χ4v) is 3.24. The summed E-state index contributed by atoms with van der Waals surface area (Å²) in [5.74, 6) is -4.33. The van der Waals surface area contributed by atoms with Crippen LogP contribution in [-0.4, -0.2) is 47.0 Å². The Morgan fingerprint density at radius 2 is 1.52 bits per heavy atom. The highest BCUT2D eigenvalue weighted by Gasteiger charge is 2.57. The molecule has 6 N–H and O–H groups in total. The molecule has 0 amide bonds. The van der Waals surface area contributed by atoms with E-state index in [2.05, 4.69) is 0 Å². The third kappa shape index (κ3) is 4.99. The summed E-state index contributed by atoms with van der Waals surface area (Å²) in [6.07, 6.45) is -3.98. The van der Waals surface area contributed by atoms with Gasteiger partial charge in [0.2, 0.25) is 5.91 Å². The Hall–Kier alpha value is -2.33. The van der Waals surface area contributed by atoms with E-state index in [9.17, 15) is 15.0 Å². The minimum absolute atomic E-state index is 0.0198. The van der Waals surface area contributed by atoms with Crippen LogP contribution >= 0.6 is 0 Å². The van der Waals surface area contributed by atoms with Crippen LogP contribution in [0.25, 0.3) is 0 Å². The normalized spacial score (nSPS) is 29.4. The molecule has 8 nitrogen and oxygen atoms in total. The van der Waals surface area contributed by atoms with Gasteiger partial charge in [0.1, 0.15) is 24.9 Å². The zero-order valence-electron chi connectivity index (χ0n) is 15.9. The number of carbonyl (C=O) groups excluding carboxylic acids is 1. The second-order valence-corrected chi connectivity index (χ2v) is 6.94. The number of esters is 1. The number of nitrogens with two attached hydrogens (primary N) is 2. The van der Waals surface area contributed by atoms with E-state index in [0.717, 1.165) is 11.1 Å². The van der Waals surface area contributed by atoms with Crippen molar-refractivity contribution < 1.29 is 29.2 Å². The summed E-state index contributed by atoms with van der Waals surface area (Å²) in [7, 11) is 0. The Morgan fingerprint density at radius 1 is 0.966 bits per heavy atom. The SMILES string of the molecule is NC[C@H]1O[C@](N)(OCc2ccccc2)[C@H](C(=O)OCc2ccccc2)[C@@H](O)[C@@H]1O. The third-order valence-corrected chi connectivity index (χ3v) is 4.86. The lowest BCUT2D eigenvalue weighted by molar-refractivity contribution is -0.343. The van der Waals surface area contributed by atoms with Gasteiger partial charge in [0, 0.05) is 6.54 Å². The summed E-state index contributed by atoms with van der Waals surface area (Å²) in [5, 5.41) is 20.9. The second kappa shape index (κ2) is 9.45. The first-order valence-electron chi connectivity index (χ1n) is 9.36. The molecule has 29 heavy (non-hydrogen) atoms. The third-order valence-electron chi connectivity index (χ3n) is 4.86. The Balaban J connectivity index is 1.77. The molecule has 3 rings (SSSR count). The number of hydrogen-bond acceptors (Lipinski definition) is 8. The van der Waals surface area contributed by atoms with Gasteiger partial charge in [-0.2, -0.15) is 0 Å². The summed E-state index contributed by atoms with van der Waals surface area (Å²) in [4.78, 5) is 12.8. The van der Waals surface area contributed by atoms with Gasteiger partial charge in [0.25, 0.3) is 0 Å². The van der Waals surface area contributed by atoms with E-state index in [1.165, 1.54) is 0 Å². The van der Waals surface area contributed by atoms with Crippen molar-refractivity contribution in [3.8, 4) is 0 Å². The monoisotopic (exact) mass is 402 g/mol. The van der Waals surface area contributed by atoms with Crippen molar-refractivity contribution in [1.29, 1.82) is 0 Å². The number of carbonyl (C=O) groups is 1. The summed E-state index contributed by atoms with van der Waals surface area (Å²) < 4.78 is 16.7. The molecule has 0 saturated carbocycles. The first-order valence-corrected chi connectivity index (χ1v) is 9.36. The average Bonchev–Trinajstić information content (AvgIpc) is 2.75. The molecular formula is C21H26N2O6. The topological polar surface area (TPSA) is 137 Å². The standard InChI is InChI=1S/C21H26N2O6/c22-11-16-18(24)19(25)17(20(26)27-12-14-7-3-1-4-8-14)21(23,29-16)28-13-15-9-5-2-6-10-15/h1-10,16-19,24-25H,11-13,22-23H2/t16-,17+,18-,19-,21-/m1/s1. The van der Waals surface area contributed by atoms with Crippen molar-refractivity contribution in [3.63, 3.8) is 0 Å². The number of hydrogen-bond donors (Lipinski definition) is 4. The van der Waals surface area contributed by atoms with Crippen LogP contribution < -0.4 is 11.5 Å². The zero-order chi connectivity index (χ0) is 20.9. The van der Waals surface area contributed by atoms with E-state index in [4.69, 9.17) is 25.7 Å². The Bertz CT molecular complexity index is 790. The van der Waals surface area contributed by atoms with Crippen molar-refractivity contribution >= 4 is 5.97 Å². The summed E-state index contributed by atoms with van der Waals surface area (Å²) in [5.41, 5.74) is 13.4. The molecule has 2 aromatic carbocycles. The molecule has 0 spiro atoms. The highest BCUT2D eigenvalue weighted by molar-refractivity contribution is 5.74.